The van der Waals surface area contributed by atoms with Crippen LogP contribution in [-0.2, 0) is 0 Å². The van der Waals surface area contributed by atoms with Crippen molar-refractivity contribution in [2.24, 2.45) is 5.10 Å². The number of fused-ring (bicyclic) bond motifs is 2. The Hall–Kier alpha value is -2.65. The van der Waals surface area contributed by atoms with Crippen molar-refractivity contribution in [1.82, 2.24) is 9.66 Å². The lowest BCUT2D eigenvalue weighted by molar-refractivity contribution is 0.103. The fourth-order valence-corrected chi connectivity index (χ4v) is 5.71. The second-order valence-corrected chi connectivity index (χ2v) is 9.87. The molecule has 5 rings (SSSR count). The Morgan fingerprint density at radius 3 is 2.66 bits per heavy atom. The van der Waals surface area contributed by atoms with E-state index in [4.69, 9.17) is 23.2 Å². The van der Waals surface area contributed by atoms with E-state index in [0.29, 0.717) is 47.3 Å². The van der Waals surface area contributed by atoms with Crippen LogP contribution in [0.1, 0.15) is 20.8 Å². The summed E-state index contributed by atoms with van der Waals surface area (Å²) in [6, 6.07) is 14.2. The monoisotopic (exact) mass is 500 g/mol. The molecule has 2 aromatic carbocycles. The first-order chi connectivity index (χ1) is 15.4. The molecule has 0 atom stereocenters. The average molecular weight is 501 g/mol. The lowest BCUT2D eigenvalue weighted by Gasteiger charge is -2.15. The van der Waals surface area contributed by atoms with Crippen LogP contribution in [0.2, 0.25) is 10.0 Å². The number of benzene rings is 2. The maximum atomic E-state index is 13.3. The van der Waals surface area contributed by atoms with Crippen molar-refractivity contribution in [2.45, 2.75) is 12.1 Å². The Kier molecular flexibility index (Phi) is 5.54. The number of hydrogen-bond acceptors (Lipinski definition) is 6. The summed E-state index contributed by atoms with van der Waals surface area (Å²) < 4.78 is 1.32. The predicted octanol–water partition coefficient (Wildman–Crippen LogP) is 5.68. The van der Waals surface area contributed by atoms with Crippen LogP contribution in [0.15, 0.2) is 63.6 Å². The number of amides is 1. The van der Waals surface area contributed by atoms with Crippen molar-refractivity contribution >= 4 is 73.8 Å². The molecule has 32 heavy (non-hydrogen) atoms. The Morgan fingerprint density at radius 1 is 1.12 bits per heavy atom. The van der Waals surface area contributed by atoms with Crippen molar-refractivity contribution in [3.8, 4) is 0 Å². The molecule has 0 bridgehead atoms. The minimum Gasteiger partial charge on any atom is -0.321 e. The number of aromatic nitrogens is 2. The molecule has 1 aliphatic heterocycles. The summed E-state index contributed by atoms with van der Waals surface area (Å²) in [6.07, 6.45) is 0. The van der Waals surface area contributed by atoms with Crippen molar-refractivity contribution in [3.63, 3.8) is 0 Å². The lowest BCUT2D eigenvalue weighted by atomic mass is 10.1. The number of thioether (sulfide) groups is 1. The predicted molar refractivity (Wildman–Crippen MR) is 132 cm³/mol. The summed E-state index contributed by atoms with van der Waals surface area (Å²) in [6.45, 7) is 1.75. The number of aryl methyl sites for hydroxylation is 1. The van der Waals surface area contributed by atoms with Gasteiger partial charge in [-0.05, 0) is 48.4 Å². The molecule has 1 N–H and O–H groups in total. The summed E-state index contributed by atoms with van der Waals surface area (Å²) >= 11 is 14.6. The fourth-order valence-electron chi connectivity index (χ4n) is 3.37. The summed E-state index contributed by atoms with van der Waals surface area (Å²) in [5.74, 6) is 0.264. The normalized spacial score (nSPS) is 13.0. The van der Waals surface area contributed by atoms with Gasteiger partial charge in [0.25, 0.3) is 11.5 Å². The van der Waals surface area contributed by atoms with Crippen molar-refractivity contribution in [3.05, 3.63) is 84.9 Å². The zero-order valence-electron chi connectivity index (χ0n) is 16.6. The largest absolute Gasteiger partial charge is 0.321 e. The highest BCUT2D eigenvalue weighted by Crippen LogP contribution is 2.31. The van der Waals surface area contributed by atoms with E-state index in [0.717, 1.165) is 11.3 Å². The number of halogens is 2. The number of nitrogens with zero attached hydrogens (tertiary/aromatic N) is 3. The summed E-state index contributed by atoms with van der Waals surface area (Å²) in [5.41, 5.74) is 2.52. The van der Waals surface area contributed by atoms with Gasteiger partial charge < -0.3 is 5.32 Å². The minimum absolute atomic E-state index is 0.292. The third kappa shape index (κ3) is 3.84. The molecule has 2 aromatic heterocycles. The van der Waals surface area contributed by atoms with Gasteiger partial charge in [0.15, 0.2) is 5.16 Å². The molecule has 1 aliphatic rings. The van der Waals surface area contributed by atoms with Crippen LogP contribution in [0, 0.1) is 6.92 Å². The van der Waals surface area contributed by atoms with E-state index in [1.165, 1.54) is 27.8 Å². The van der Waals surface area contributed by atoms with Crippen LogP contribution in [0.3, 0.4) is 0 Å². The number of thiophene rings is 1. The number of carbonyl (C=O) groups is 1. The quantitative estimate of drug-likeness (QED) is 0.367. The van der Waals surface area contributed by atoms with E-state index in [1.54, 1.807) is 43.3 Å². The zero-order chi connectivity index (χ0) is 22.4. The molecule has 0 aliphatic carbocycles. The summed E-state index contributed by atoms with van der Waals surface area (Å²) in [7, 11) is 0. The second kappa shape index (κ2) is 8.37. The Morgan fingerprint density at radius 2 is 1.91 bits per heavy atom. The standard InChI is InChI=1S/C22H14Cl2N4O2S2/c1-11-17-20(32-18(11)19(29)25-15-4-2-3-14(24)9-15)26-22-28(21(17)30)27-16(10-31-22)12-5-7-13(23)8-6-12/h2-9H,10H2,1H3,(H,25,29). The molecule has 3 heterocycles. The van der Waals surface area contributed by atoms with Gasteiger partial charge in [-0.2, -0.15) is 9.78 Å². The Bertz CT molecular complexity index is 1480. The van der Waals surface area contributed by atoms with Crippen molar-refractivity contribution in [2.75, 3.05) is 11.1 Å². The van der Waals surface area contributed by atoms with Crippen LogP contribution in [0.4, 0.5) is 5.69 Å². The van der Waals surface area contributed by atoms with Gasteiger partial charge in [-0.3, -0.25) is 9.59 Å². The first-order valence-electron chi connectivity index (χ1n) is 9.50. The smallest absolute Gasteiger partial charge is 0.283 e. The van der Waals surface area contributed by atoms with Crippen LogP contribution < -0.4 is 10.9 Å². The van der Waals surface area contributed by atoms with E-state index in [1.807, 2.05) is 12.1 Å². The molecule has 0 saturated heterocycles. The van der Waals surface area contributed by atoms with Gasteiger partial charge in [0.05, 0.1) is 16.0 Å². The van der Waals surface area contributed by atoms with E-state index in [9.17, 15) is 9.59 Å². The summed E-state index contributed by atoms with van der Waals surface area (Å²) in [5, 5.41) is 9.44. The minimum atomic E-state index is -0.312. The number of anilines is 1. The van der Waals surface area contributed by atoms with Crippen molar-refractivity contribution in [1.29, 1.82) is 0 Å². The first kappa shape index (κ1) is 21.2. The molecule has 6 nitrogen and oxygen atoms in total. The molecular formula is C22H14Cl2N4O2S2. The van der Waals surface area contributed by atoms with E-state index in [-0.39, 0.29) is 11.5 Å². The van der Waals surface area contributed by atoms with Gasteiger partial charge in [0.1, 0.15) is 4.83 Å². The van der Waals surface area contributed by atoms with E-state index < -0.39 is 0 Å². The fraction of sp³-hybridized carbons (Fsp3) is 0.0909. The lowest BCUT2D eigenvalue weighted by Crippen LogP contribution is -2.25. The Balaban J connectivity index is 1.56. The average Bonchev–Trinajstić information content (AvgIpc) is 3.11. The molecule has 0 saturated carbocycles. The van der Waals surface area contributed by atoms with Gasteiger partial charge in [-0.25, -0.2) is 4.98 Å². The molecule has 0 unspecified atom stereocenters. The van der Waals surface area contributed by atoms with Crippen molar-refractivity contribution < 1.29 is 4.79 Å². The Labute approximate surface area is 200 Å². The van der Waals surface area contributed by atoms with E-state index >= 15 is 0 Å². The zero-order valence-corrected chi connectivity index (χ0v) is 19.7. The van der Waals surface area contributed by atoms with Gasteiger partial charge in [-0.15, -0.1) is 11.3 Å². The third-order valence-electron chi connectivity index (χ3n) is 4.94. The topological polar surface area (TPSA) is 76.3 Å². The number of hydrogen-bond donors (Lipinski definition) is 1. The molecular weight excluding hydrogens is 487 g/mol. The molecule has 0 radical (unpaired) electrons. The second-order valence-electron chi connectivity index (χ2n) is 7.05. The number of carbonyl (C=O) groups excluding carboxylic acids is 1. The van der Waals surface area contributed by atoms with Crippen LogP contribution >= 0.6 is 46.3 Å². The maximum absolute atomic E-state index is 13.3. The number of nitrogens with one attached hydrogen (secondary N) is 1. The SMILES string of the molecule is Cc1c(C(=O)Nc2cccc(Cl)c2)sc2nc3n(c(=O)c12)N=C(c1ccc(Cl)cc1)CS3. The molecule has 0 fully saturated rings. The van der Waals surface area contributed by atoms with Gasteiger partial charge in [0.2, 0.25) is 0 Å². The van der Waals surface area contributed by atoms with Gasteiger partial charge in [-0.1, -0.05) is 53.2 Å². The van der Waals surface area contributed by atoms with Gasteiger partial charge >= 0.3 is 0 Å². The molecule has 4 aromatic rings. The number of rotatable bonds is 3. The first-order valence-corrected chi connectivity index (χ1v) is 12.1. The van der Waals surface area contributed by atoms with E-state index in [2.05, 4.69) is 15.4 Å². The highest BCUT2D eigenvalue weighted by molar-refractivity contribution is 7.99. The molecule has 160 valence electrons. The molecule has 0 spiro atoms. The molecule has 10 heteroatoms. The molecule has 1 amide bonds. The van der Waals surface area contributed by atoms with Crippen LogP contribution in [0.5, 0.6) is 0 Å². The van der Waals surface area contributed by atoms with Gasteiger partial charge in [0, 0.05) is 21.5 Å². The highest BCUT2D eigenvalue weighted by Gasteiger charge is 2.24. The highest BCUT2D eigenvalue weighted by atomic mass is 35.5. The van der Waals surface area contributed by atoms with Crippen LogP contribution in [0.25, 0.3) is 10.2 Å². The van der Waals surface area contributed by atoms with Crippen LogP contribution in [-0.4, -0.2) is 27.0 Å². The maximum Gasteiger partial charge on any atom is 0.283 e. The summed E-state index contributed by atoms with van der Waals surface area (Å²) in [4.78, 5) is 31.8. The third-order valence-corrected chi connectivity index (χ3v) is 7.55.